The molecule has 1 atom stereocenters. The van der Waals surface area contributed by atoms with Crippen LogP contribution in [0.4, 0.5) is 4.39 Å². The van der Waals surface area contributed by atoms with Crippen LogP contribution in [0.3, 0.4) is 0 Å². The fourth-order valence-electron chi connectivity index (χ4n) is 3.09. The van der Waals surface area contributed by atoms with Crippen molar-refractivity contribution in [3.05, 3.63) is 58.9 Å². The lowest BCUT2D eigenvalue weighted by atomic mass is 9.98. The lowest BCUT2D eigenvalue weighted by Gasteiger charge is -2.16. The van der Waals surface area contributed by atoms with Crippen LogP contribution >= 0.6 is 0 Å². The van der Waals surface area contributed by atoms with Crippen LogP contribution in [0, 0.1) is 18.7 Å². The van der Waals surface area contributed by atoms with Gasteiger partial charge in [-0.25, -0.2) is 19.2 Å². The van der Waals surface area contributed by atoms with Crippen LogP contribution in [0.25, 0.3) is 0 Å². The van der Waals surface area contributed by atoms with Crippen LogP contribution in [0.5, 0.6) is 0 Å². The molecule has 0 spiro atoms. The maximum absolute atomic E-state index is 13.7. The summed E-state index contributed by atoms with van der Waals surface area (Å²) < 4.78 is 18.2. The molecule has 0 saturated carbocycles. The number of likely N-dealkylation sites (tertiary alicyclic amines) is 1. The number of aromatic nitrogens is 2. The molecular formula is C19H20FN3O3. The van der Waals surface area contributed by atoms with E-state index in [-0.39, 0.29) is 29.0 Å². The number of nitrogens with zero attached hydrogens (tertiary/aromatic N) is 3. The summed E-state index contributed by atoms with van der Waals surface area (Å²) >= 11 is 0. The molecule has 0 N–H and O–H groups in total. The van der Waals surface area contributed by atoms with E-state index in [1.54, 1.807) is 24.0 Å². The van der Waals surface area contributed by atoms with Gasteiger partial charge in [0.25, 0.3) is 5.91 Å². The van der Waals surface area contributed by atoms with E-state index >= 15 is 0 Å². The van der Waals surface area contributed by atoms with Gasteiger partial charge in [-0.3, -0.25) is 4.79 Å². The highest BCUT2D eigenvalue weighted by molar-refractivity contribution is 5.93. The first-order chi connectivity index (χ1) is 12.5. The van der Waals surface area contributed by atoms with E-state index < -0.39 is 5.97 Å². The van der Waals surface area contributed by atoms with Crippen molar-refractivity contribution in [1.82, 2.24) is 14.9 Å². The first-order valence-electron chi connectivity index (χ1n) is 8.42. The molecule has 2 aromatic rings. The second-order valence-electron chi connectivity index (χ2n) is 6.47. The zero-order valence-corrected chi connectivity index (χ0v) is 14.7. The van der Waals surface area contributed by atoms with Crippen molar-refractivity contribution in [2.75, 3.05) is 20.2 Å². The van der Waals surface area contributed by atoms with E-state index in [9.17, 15) is 14.0 Å². The van der Waals surface area contributed by atoms with Gasteiger partial charge in [0.05, 0.1) is 19.5 Å². The van der Waals surface area contributed by atoms with Gasteiger partial charge in [0.1, 0.15) is 11.5 Å². The number of ether oxygens (including phenoxy) is 1. The Labute approximate surface area is 151 Å². The molecule has 1 aliphatic heterocycles. The smallest absolute Gasteiger partial charge is 0.358 e. The molecule has 1 unspecified atom stereocenters. The molecule has 2 heterocycles. The summed E-state index contributed by atoms with van der Waals surface area (Å²) in [7, 11) is 1.26. The van der Waals surface area contributed by atoms with Crippen LogP contribution in [-0.4, -0.2) is 46.9 Å². The summed E-state index contributed by atoms with van der Waals surface area (Å²) in [5, 5.41) is 0. The van der Waals surface area contributed by atoms with Gasteiger partial charge in [-0.05, 0) is 42.9 Å². The van der Waals surface area contributed by atoms with Crippen LogP contribution in [0.2, 0.25) is 0 Å². The predicted molar refractivity (Wildman–Crippen MR) is 92.2 cm³/mol. The molecule has 1 aromatic heterocycles. The predicted octanol–water partition coefficient (Wildman–Crippen LogP) is 2.42. The number of carbonyl (C=O) groups excluding carboxylic acids is 2. The number of hydrogen-bond acceptors (Lipinski definition) is 5. The van der Waals surface area contributed by atoms with Gasteiger partial charge in [0.2, 0.25) is 0 Å². The Balaban J connectivity index is 1.61. The minimum Gasteiger partial charge on any atom is -0.464 e. The number of benzene rings is 1. The number of esters is 1. The highest BCUT2D eigenvalue weighted by Crippen LogP contribution is 2.23. The molecule has 0 aliphatic carbocycles. The molecular weight excluding hydrogens is 337 g/mol. The van der Waals surface area contributed by atoms with Gasteiger partial charge < -0.3 is 9.64 Å². The number of halogens is 1. The highest BCUT2D eigenvalue weighted by atomic mass is 19.1. The minimum atomic E-state index is -0.594. The fraction of sp³-hybridized carbons (Fsp3) is 0.368. The van der Waals surface area contributed by atoms with E-state index in [2.05, 4.69) is 14.7 Å². The Morgan fingerprint density at radius 2 is 2.00 bits per heavy atom. The molecule has 3 rings (SSSR count). The maximum atomic E-state index is 13.7. The van der Waals surface area contributed by atoms with Gasteiger partial charge in [-0.15, -0.1) is 0 Å². The zero-order valence-electron chi connectivity index (χ0n) is 14.7. The van der Waals surface area contributed by atoms with Crippen molar-refractivity contribution in [2.45, 2.75) is 19.8 Å². The standard InChI is InChI=1S/C19H20FN3O3/c1-12-3-4-13(8-15(12)20)7-14-5-6-23(11-14)18(24)16-9-22-17(10-21-16)19(25)26-2/h3-4,8-10,14H,5-7,11H2,1-2H3. The molecule has 1 aromatic carbocycles. The Morgan fingerprint density at radius 3 is 2.65 bits per heavy atom. The fourth-order valence-corrected chi connectivity index (χ4v) is 3.09. The van der Waals surface area contributed by atoms with Gasteiger partial charge in [-0.2, -0.15) is 0 Å². The second-order valence-corrected chi connectivity index (χ2v) is 6.47. The average molecular weight is 357 g/mol. The molecule has 1 aliphatic rings. The number of aryl methyl sites for hydroxylation is 1. The molecule has 1 fully saturated rings. The molecule has 6 nitrogen and oxygen atoms in total. The lowest BCUT2D eigenvalue weighted by Crippen LogP contribution is -2.30. The van der Waals surface area contributed by atoms with Crippen LogP contribution in [0.1, 0.15) is 38.5 Å². The van der Waals surface area contributed by atoms with Crippen molar-refractivity contribution in [1.29, 1.82) is 0 Å². The molecule has 1 saturated heterocycles. The van der Waals surface area contributed by atoms with Gasteiger partial charge in [0.15, 0.2) is 5.69 Å². The summed E-state index contributed by atoms with van der Waals surface area (Å²) in [5.41, 5.74) is 1.82. The second kappa shape index (κ2) is 7.59. The summed E-state index contributed by atoms with van der Waals surface area (Å²) in [5.74, 6) is -0.729. The Morgan fingerprint density at radius 1 is 1.27 bits per heavy atom. The number of rotatable bonds is 4. The van der Waals surface area contributed by atoms with Crippen LogP contribution < -0.4 is 0 Å². The first kappa shape index (κ1) is 18.0. The number of methoxy groups -OCH3 is 1. The topological polar surface area (TPSA) is 72.4 Å². The normalized spacial score (nSPS) is 16.6. The minimum absolute atomic E-state index is 0.0600. The summed E-state index contributed by atoms with van der Waals surface area (Å²) in [6.07, 6.45) is 4.11. The third-order valence-corrected chi connectivity index (χ3v) is 4.60. The Bertz CT molecular complexity index is 823. The molecule has 7 heteroatoms. The first-order valence-corrected chi connectivity index (χ1v) is 8.42. The SMILES string of the molecule is COC(=O)c1cnc(C(=O)N2CCC(Cc3ccc(C)c(F)c3)C2)cn1. The van der Waals surface area contributed by atoms with E-state index in [1.807, 2.05) is 6.07 Å². The van der Waals surface area contributed by atoms with E-state index in [4.69, 9.17) is 0 Å². The van der Waals surface area contributed by atoms with E-state index in [0.29, 0.717) is 18.7 Å². The number of hydrogen-bond donors (Lipinski definition) is 0. The van der Waals surface area contributed by atoms with Gasteiger partial charge in [0, 0.05) is 13.1 Å². The van der Waals surface area contributed by atoms with Gasteiger partial charge >= 0.3 is 5.97 Å². The summed E-state index contributed by atoms with van der Waals surface area (Å²) in [6, 6.07) is 5.28. The van der Waals surface area contributed by atoms with Crippen molar-refractivity contribution in [2.24, 2.45) is 5.92 Å². The largest absolute Gasteiger partial charge is 0.464 e. The maximum Gasteiger partial charge on any atom is 0.358 e. The molecule has 136 valence electrons. The molecule has 0 radical (unpaired) electrons. The molecule has 1 amide bonds. The number of carbonyl (C=O) groups is 2. The quantitative estimate of drug-likeness (QED) is 0.786. The van der Waals surface area contributed by atoms with Crippen molar-refractivity contribution >= 4 is 11.9 Å². The summed E-state index contributed by atoms with van der Waals surface area (Å²) in [6.45, 7) is 2.95. The molecule has 0 bridgehead atoms. The lowest BCUT2D eigenvalue weighted by molar-refractivity contribution is 0.0592. The van der Waals surface area contributed by atoms with Crippen molar-refractivity contribution in [3.8, 4) is 0 Å². The third kappa shape index (κ3) is 3.87. The molecule has 26 heavy (non-hydrogen) atoms. The Kier molecular flexibility index (Phi) is 5.25. The van der Waals surface area contributed by atoms with E-state index in [1.165, 1.54) is 19.5 Å². The highest BCUT2D eigenvalue weighted by Gasteiger charge is 2.28. The Hall–Kier alpha value is -2.83. The zero-order chi connectivity index (χ0) is 18.7. The van der Waals surface area contributed by atoms with Crippen molar-refractivity contribution < 1.29 is 18.7 Å². The van der Waals surface area contributed by atoms with E-state index in [0.717, 1.165) is 18.4 Å². The summed E-state index contributed by atoms with van der Waals surface area (Å²) in [4.78, 5) is 33.6. The van der Waals surface area contributed by atoms with Crippen LogP contribution in [-0.2, 0) is 11.2 Å². The number of amides is 1. The monoisotopic (exact) mass is 357 g/mol. The average Bonchev–Trinajstić information content (AvgIpc) is 3.12. The van der Waals surface area contributed by atoms with Crippen molar-refractivity contribution in [3.63, 3.8) is 0 Å². The van der Waals surface area contributed by atoms with Gasteiger partial charge in [-0.1, -0.05) is 12.1 Å². The van der Waals surface area contributed by atoms with Crippen LogP contribution in [0.15, 0.2) is 30.6 Å². The third-order valence-electron chi connectivity index (χ3n) is 4.60.